The van der Waals surface area contributed by atoms with Crippen LogP contribution in [0.15, 0.2) is 18.2 Å². The third-order valence-corrected chi connectivity index (χ3v) is 4.22. The SMILES string of the molecule is CC1CCN(Cc2ccc(N)c(Cl)c2)CC1C. The second-order valence-electron chi connectivity index (χ2n) is 5.33. The molecular formula is C14H21ClN2. The number of hydrogen-bond donors (Lipinski definition) is 1. The molecule has 17 heavy (non-hydrogen) atoms. The highest BCUT2D eigenvalue weighted by Crippen LogP contribution is 2.25. The van der Waals surface area contributed by atoms with E-state index in [4.69, 9.17) is 17.3 Å². The van der Waals surface area contributed by atoms with Gasteiger partial charge in [0.05, 0.1) is 10.7 Å². The van der Waals surface area contributed by atoms with E-state index in [9.17, 15) is 0 Å². The van der Waals surface area contributed by atoms with E-state index in [1.165, 1.54) is 25.1 Å². The first-order valence-corrected chi connectivity index (χ1v) is 6.70. The average Bonchev–Trinajstić information content (AvgIpc) is 2.29. The lowest BCUT2D eigenvalue weighted by atomic mass is 9.88. The maximum Gasteiger partial charge on any atom is 0.0638 e. The highest BCUT2D eigenvalue weighted by Gasteiger charge is 2.22. The van der Waals surface area contributed by atoms with Crippen molar-refractivity contribution >= 4 is 17.3 Å². The fourth-order valence-corrected chi connectivity index (χ4v) is 2.62. The Labute approximate surface area is 109 Å². The highest BCUT2D eigenvalue weighted by atomic mass is 35.5. The summed E-state index contributed by atoms with van der Waals surface area (Å²) >= 11 is 6.04. The number of anilines is 1. The summed E-state index contributed by atoms with van der Waals surface area (Å²) in [6, 6.07) is 5.96. The van der Waals surface area contributed by atoms with Gasteiger partial charge in [0.15, 0.2) is 0 Å². The number of benzene rings is 1. The Bertz CT molecular complexity index is 392. The Morgan fingerprint density at radius 1 is 1.35 bits per heavy atom. The average molecular weight is 253 g/mol. The molecule has 0 saturated carbocycles. The molecule has 2 rings (SSSR count). The molecule has 1 heterocycles. The lowest BCUT2D eigenvalue weighted by molar-refractivity contribution is 0.132. The van der Waals surface area contributed by atoms with E-state index in [1.54, 1.807) is 0 Å². The molecule has 0 amide bonds. The highest BCUT2D eigenvalue weighted by molar-refractivity contribution is 6.33. The van der Waals surface area contributed by atoms with Crippen LogP contribution in [-0.4, -0.2) is 18.0 Å². The minimum Gasteiger partial charge on any atom is -0.398 e. The number of piperidine rings is 1. The van der Waals surface area contributed by atoms with Gasteiger partial charge in [-0.1, -0.05) is 31.5 Å². The molecule has 0 spiro atoms. The van der Waals surface area contributed by atoms with Crippen LogP contribution >= 0.6 is 11.6 Å². The molecule has 2 atom stereocenters. The Morgan fingerprint density at radius 2 is 2.12 bits per heavy atom. The number of likely N-dealkylation sites (tertiary alicyclic amines) is 1. The van der Waals surface area contributed by atoms with Crippen molar-refractivity contribution in [3.63, 3.8) is 0 Å². The fraction of sp³-hybridized carbons (Fsp3) is 0.571. The molecular weight excluding hydrogens is 232 g/mol. The third kappa shape index (κ3) is 3.14. The van der Waals surface area contributed by atoms with E-state index in [-0.39, 0.29) is 0 Å². The zero-order valence-corrected chi connectivity index (χ0v) is 11.4. The van der Waals surface area contributed by atoms with Gasteiger partial charge in [-0.2, -0.15) is 0 Å². The molecule has 0 bridgehead atoms. The molecule has 3 heteroatoms. The second-order valence-corrected chi connectivity index (χ2v) is 5.74. The number of nitrogens with zero attached hydrogens (tertiary/aromatic N) is 1. The van der Waals surface area contributed by atoms with Crippen LogP contribution in [0.2, 0.25) is 5.02 Å². The number of hydrogen-bond acceptors (Lipinski definition) is 2. The van der Waals surface area contributed by atoms with Crippen molar-refractivity contribution in [1.29, 1.82) is 0 Å². The second kappa shape index (κ2) is 5.28. The van der Waals surface area contributed by atoms with Crippen LogP contribution in [-0.2, 0) is 6.54 Å². The van der Waals surface area contributed by atoms with E-state index < -0.39 is 0 Å². The van der Waals surface area contributed by atoms with Crippen LogP contribution in [0.25, 0.3) is 0 Å². The Balaban J connectivity index is 1.99. The van der Waals surface area contributed by atoms with Crippen molar-refractivity contribution in [2.45, 2.75) is 26.8 Å². The first kappa shape index (κ1) is 12.7. The lowest BCUT2D eigenvalue weighted by Gasteiger charge is -2.35. The zero-order valence-electron chi connectivity index (χ0n) is 10.6. The molecule has 1 aliphatic heterocycles. The summed E-state index contributed by atoms with van der Waals surface area (Å²) in [5.41, 5.74) is 7.64. The Morgan fingerprint density at radius 3 is 2.76 bits per heavy atom. The standard InChI is InChI=1S/C14H21ClN2/c1-10-5-6-17(8-11(10)2)9-12-3-4-14(16)13(15)7-12/h3-4,7,10-11H,5-6,8-9,16H2,1-2H3. The molecule has 2 N–H and O–H groups in total. The van der Waals surface area contributed by atoms with Crippen molar-refractivity contribution < 1.29 is 0 Å². The molecule has 0 radical (unpaired) electrons. The summed E-state index contributed by atoms with van der Waals surface area (Å²) in [6.45, 7) is 8.04. The van der Waals surface area contributed by atoms with Gasteiger partial charge in [0.1, 0.15) is 0 Å². The summed E-state index contributed by atoms with van der Waals surface area (Å²) in [4.78, 5) is 2.51. The summed E-state index contributed by atoms with van der Waals surface area (Å²) in [5, 5.41) is 0.668. The smallest absolute Gasteiger partial charge is 0.0638 e. The van der Waals surface area contributed by atoms with Crippen LogP contribution in [0.3, 0.4) is 0 Å². The third-order valence-electron chi connectivity index (χ3n) is 3.89. The summed E-state index contributed by atoms with van der Waals surface area (Å²) in [6.07, 6.45) is 1.30. The molecule has 2 unspecified atom stereocenters. The van der Waals surface area contributed by atoms with Crippen LogP contribution in [0.5, 0.6) is 0 Å². The van der Waals surface area contributed by atoms with Crippen LogP contribution in [0, 0.1) is 11.8 Å². The molecule has 1 fully saturated rings. The van der Waals surface area contributed by atoms with Gasteiger partial charge >= 0.3 is 0 Å². The van der Waals surface area contributed by atoms with Crippen molar-refractivity contribution in [2.24, 2.45) is 11.8 Å². The van der Waals surface area contributed by atoms with E-state index in [0.29, 0.717) is 10.7 Å². The van der Waals surface area contributed by atoms with Crippen molar-refractivity contribution in [3.05, 3.63) is 28.8 Å². The Hall–Kier alpha value is -0.730. The predicted molar refractivity (Wildman–Crippen MR) is 74.1 cm³/mol. The first-order valence-electron chi connectivity index (χ1n) is 6.32. The van der Waals surface area contributed by atoms with Gasteiger partial charge in [0.25, 0.3) is 0 Å². The number of nitrogen functional groups attached to an aromatic ring is 1. The molecule has 1 saturated heterocycles. The quantitative estimate of drug-likeness (QED) is 0.818. The van der Waals surface area contributed by atoms with Gasteiger partial charge in [0.2, 0.25) is 0 Å². The molecule has 2 nitrogen and oxygen atoms in total. The molecule has 0 aromatic heterocycles. The number of nitrogens with two attached hydrogens (primary N) is 1. The van der Waals surface area contributed by atoms with Gasteiger partial charge in [-0.3, -0.25) is 4.90 Å². The van der Waals surface area contributed by atoms with Crippen LogP contribution in [0.4, 0.5) is 5.69 Å². The van der Waals surface area contributed by atoms with E-state index >= 15 is 0 Å². The molecule has 1 aliphatic rings. The van der Waals surface area contributed by atoms with Gasteiger partial charge in [-0.05, 0) is 42.5 Å². The van der Waals surface area contributed by atoms with Gasteiger partial charge in [0, 0.05) is 13.1 Å². The topological polar surface area (TPSA) is 29.3 Å². The predicted octanol–water partition coefficient (Wildman–Crippen LogP) is 3.40. The monoisotopic (exact) mass is 252 g/mol. The maximum absolute atomic E-state index is 6.04. The lowest BCUT2D eigenvalue weighted by Crippen LogP contribution is -2.37. The molecule has 1 aromatic carbocycles. The van der Waals surface area contributed by atoms with Gasteiger partial charge in [-0.25, -0.2) is 0 Å². The summed E-state index contributed by atoms with van der Waals surface area (Å²) < 4.78 is 0. The summed E-state index contributed by atoms with van der Waals surface area (Å²) in [5.74, 6) is 1.63. The van der Waals surface area contributed by atoms with Crippen molar-refractivity contribution in [3.8, 4) is 0 Å². The zero-order chi connectivity index (χ0) is 12.4. The van der Waals surface area contributed by atoms with Crippen LogP contribution < -0.4 is 5.73 Å². The first-order chi connectivity index (χ1) is 8.06. The van der Waals surface area contributed by atoms with Gasteiger partial charge in [-0.15, -0.1) is 0 Å². The maximum atomic E-state index is 6.04. The molecule has 94 valence electrons. The molecule has 0 aliphatic carbocycles. The fourth-order valence-electron chi connectivity index (χ4n) is 2.42. The van der Waals surface area contributed by atoms with E-state index in [0.717, 1.165) is 18.4 Å². The van der Waals surface area contributed by atoms with E-state index in [1.807, 2.05) is 12.1 Å². The molecule has 1 aromatic rings. The number of halogens is 1. The summed E-state index contributed by atoms with van der Waals surface area (Å²) in [7, 11) is 0. The Kier molecular flexibility index (Phi) is 3.95. The van der Waals surface area contributed by atoms with Gasteiger partial charge < -0.3 is 5.73 Å². The van der Waals surface area contributed by atoms with Crippen LogP contribution in [0.1, 0.15) is 25.8 Å². The minimum absolute atomic E-state index is 0.663. The number of rotatable bonds is 2. The van der Waals surface area contributed by atoms with E-state index in [2.05, 4.69) is 24.8 Å². The minimum atomic E-state index is 0.663. The van der Waals surface area contributed by atoms with Crippen molar-refractivity contribution in [2.75, 3.05) is 18.8 Å². The largest absolute Gasteiger partial charge is 0.398 e. The van der Waals surface area contributed by atoms with Crippen molar-refractivity contribution in [1.82, 2.24) is 4.90 Å². The normalized spacial score (nSPS) is 26.1.